The minimum atomic E-state index is -0.454. The van der Waals surface area contributed by atoms with Gasteiger partial charge in [0.25, 0.3) is 0 Å². The van der Waals surface area contributed by atoms with Crippen LogP contribution in [-0.4, -0.2) is 39.4 Å². The van der Waals surface area contributed by atoms with Gasteiger partial charge in [-0.2, -0.15) is 0 Å². The van der Waals surface area contributed by atoms with Gasteiger partial charge in [0, 0.05) is 19.3 Å². The van der Waals surface area contributed by atoms with Gasteiger partial charge in [0.1, 0.15) is 6.33 Å². The highest BCUT2D eigenvalue weighted by Gasteiger charge is 2.10. The molecule has 94 valence electrons. The van der Waals surface area contributed by atoms with E-state index in [1.807, 2.05) is 0 Å². The molecule has 7 nitrogen and oxygen atoms in total. The standard InChI is InChI=1S/C11H12N4O3/c1-15-9(8-3-4-12-7-13-8)5-10(14-15)18-6-11(16)17-2/h3-5,7H,6H2,1-2H3. The summed E-state index contributed by atoms with van der Waals surface area (Å²) in [5.74, 6) is -0.110. The molecule has 0 saturated heterocycles. The predicted molar refractivity (Wildman–Crippen MR) is 61.7 cm³/mol. The van der Waals surface area contributed by atoms with Crippen molar-refractivity contribution in [3.8, 4) is 17.3 Å². The first-order valence-electron chi connectivity index (χ1n) is 5.20. The molecule has 0 spiro atoms. The van der Waals surface area contributed by atoms with Crippen LogP contribution < -0.4 is 4.74 Å². The highest BCUT2D eigenvalue weighted by molar-refractivity contribution is 5.70. The van der Waals surface area contributed by atoms with E-state index in [4.69, 9.17) is 4.74 Å². The predicted octanol–water partition coefficient (Wildman–Crippen LogP) is 0.429. The molecular weight excluding hydrogens is 236 g/mol. The Morgan fingerprint density at radius 2 is 2.33 bits per heavy atom. The number of aromatic nitrogens is 4. The molecule has 0 bridgehead atoms. The van der Waals surface area contributed by atoms with Gasteiger partial charge in [-0.1, -0.05) is 0 Å². The number of carbonyl (C=O) groups is 1. The van der Waals surface area contributed by atoms with Gasteiger partial charge in [-0.25, -0.2) is 14.8 Å². The lowest BCUT2D eigenvalue weighted by atomic mass is 10.3. The highest BCUT2D eigenvalue weighted by Crippen LogP contribution is 2.20. The smallest absolute Gasteiger partial charge is 0.343 e. The van der Waals surface area contributed by atoms with Crippen molar-refractivity contribution < 1.29 is 14.3 Å². The summed E-state index contributed by atoms with van der Waals surface area (Å²) in [7, 11) is 3.07. The van der Waals surface area contributed by atoms with Crippen molar-refractivity contribution in [2.24, 2.45) is 7.05 Å². The summed E-state index contributed by atoms with van der Waals surface area (Å²) in [6, 6.07) is 3.46. The van der Waals surface area contributed by atoms with Crippen LogP contribution in [0.5, 0.6) is 5.88 Å². The van der Waals surface area contributed by atoms with Gasteiger partial charge in [-0.3, -0.25) is 4.68 Å². The fraction of sp³-hybridized carbons (Fsp3) is 0.273. The maximum Gasteiger partial charge on any atom is 0.343 e. The lowest BCUT2D eigenvalue weighted by molar-refractivity contribution is -0.143. The molecular formula is C11H12N4O3. The average Bonchev–Trinajstić information content (AvgIpc) is 2.78. The number of methoxy groups -OCH3 is 1. The summed E-state index contributed by atoms with van der Waals surface area (Å²) in [4.78, 5) is 18.9. The van der Waals surface area contributed by atoms with Crippen LogP contribution in [0, 0.1) is 0 Å². The van der Waals surface area contributed by atoms with E-state index in [-0.39, 0.29) is 6.61 Å². The van der Waals surface area contributed by atoms with E-state index < -0.39 is 5.97 Å². The van der Waals surface area contributed by atoms with E-state index in [9.17, 15) is 4.79 Å². The minimum Gasteiger partial charge on any atom is -0.466 e. The molecule has 2 aromatic rings. The van der Waals surface area contributed by atoms with Gasteiger partial charge in [-0.05, 0) is 6.07 Å². The van der Waals surface area contributed by atoms with Crippen LogP contribution >= 0.6 is 0 Å². The number of ether oxygens (including phenoxy) is 2. The Kier molecular flexibility index (Phi) is 3.52. The molecule has 7 heteroatoms. The van der Waals surface area contributed by atoms with Crippen molar-refractivity contribution in [3.63, 3.8) is 0 Å². The van der Waals surface area contributed by atoms with Crippen LogP contribution in [0.25, 0.3) is 11.4 Å². The van der Waals surface area contributed by atoms with Crippen molar-refractivity contribution in [3.05, 3.63) is 24.7 Å². The molecule has 2 rings (SSSR count). The number of hydrogen-bond acceptors (Lipinski definition) is 6. The van der Waals surface area contributed by atoms with Crippen molar-refractivity contribution in [1.82, 2.24) is 19.7 Å². The molecule has 0 saturated carbocycles. The zero-order valence-corrected chi connectivity index (χ0v) is 10.0. The SMILES string of the molecule is COC(=O)COc1cc(-c2ccncn2)n(C)n1. The Labute approximate surface area is 103 Å². The first-order chi connectivity index (χ1) is 8.70. The van der Waals surface area contributed by atoms with Gasteiger partial charge in [0.2, 0.25) is 5.88 Å². The first-order valence-corrected chi connectivity index (χ1v) is 5.20. The molecule has 18 heavy (non-hydrogen) atoms. The molecule has 0 aromatic carbocycles. The van der Waals surface area contributed by atoms with Crippen LogP contribution in [0.2, 0.25) is 0 Å². The molecule has 0 unspecified atom stereocenters. The highest BCUT2D eigenvalue weighted by atomic mass is 16.6. The Hall–Kier alpha value is -2.44. The maximum atomic E-state index is 10.9. The van der Waals surface area contributed by atoms with Gasteiger partial charge in [0.15, 0.2) is 6.61 Å². The number of hydrogen-bond donors (Lipinski definition) is 0. The second kappa shape index (κ2) is 5.26. The van der Waals surface area contributed by atoms with Gasteiger partial charge >= 0.3 is 5.97 Å². The molecule has 0 aliphatic heterocycles. The van der Waals surface area contributed by atoms with Crippen molar-refractivity contribution in [2.45, 2.75) is 0 Å². The number of esters is 1. The van der Waals surface area contributed by atoms with Crippen LogP contribution in [0.1, 0.15) is 0 Å². The normalized spacial score (nSPS) is 10.1. The first kappa shape index (κ1) is 12.0. The number of carbonyl (C=O) groups excluding carboxylic acids is 1. The fourth-order valence-corrected chi connectivity index (χ4v) is 1.39. The summed E-state index contributed by atoms with van der Waals surface area (Å²) in [5, 5.41) is 4.12. The molecule has 0 amide bonds. The Balaban J connectivity index is 2.15. The molecule has 0 atom stereocenters. The van der Waals surface area contributed by atoms with E-state index in [0.717, 1.165) is 11.4 Å². The molecule has 0 N–H and O–H groups in total. The summed E-state index contributed by atoms with van der Waals surface area (Å²) >= 11 is 0. The maximum absolute atomic E-state index is 10.9. The third kappa shape index (κ3) is 2.62. The van der Waals surface area contributed by atoms with Gasteiger partial charge in [0.05, 0.1) is 18.5 Å². The van der Waals surface area contributed by atoms with Crippen LogP contribution in [0.3, 0.4) is 0 Å². The minimum absolute atomic E-state index is 0.170. The van der Waals surface area contributed by atoms with E-state index >= 15 is 0 Å². The zero-order chi connectivity index (χ0) is 13.0. The lowest BCUT2D eigenvalue weighted by Crippen LogP contribution is -2.12. The summed E-state index contributed by atoms with van der Waals surface area (Å²) in [6.45, 7) is -0.170. The topological polar surface area (TPSA) is 79.1 Å². The monoisotopic (exact) mass is 248 g/mol. The molecule has 0 aliphatic rings. The molecule has 2 heterocycles. The molecule has 2 aromatic heterocycles. The Bertz CT molecular complexity index is 538. The molecule has 0 aliphatic carbocycles. The summed E-state index contributed by atoms with van der Waals surface area (Å²) in [6.07, 6.45) is 3.10. The van der Waals surface area contributed by atoms with Crippen molar-refractivity contribution in [2.75, 3.05) is 13.7 Å². The third-order valence-electron chi connectivity index (χ3n) is 2.27. The van der Waals surface area contributed by atoms with E-state index in [1.165, 1.54) is 13.4 Å². The van der Waals surface area contributed by atoms with Gasteiger partial charge in [-0.15, -0.1) is 5.10 Å². The van der Waals surface area contributed by atoms with Gasteiger partial charge < -0.3 is 9.47 Å². The second-order valence-corrected chi connectivity index (χ2v) is 3.45. The summed E-state index contributed by atoms with van der Waals surface area (Å²) in [5.41, 5.74) is 1.50. The van der Waals surface area contributed by atoms with E-state index in [2.05, 4.69) is 19.8 Å². The zero-order valence-electron chi connectivity index (χ0n) is 10.0. The molecule has 0 fully saturated rings. The van der Waals surface area contributed by atoms with Crippen LogP contribution in [-0.2, 0) is 16.6 Å². The largest absolute Gasteiger partial charge is 0.466 e. The Morgan fingerprint density at radius 1 is 1.50 bits per heavy atom. The number of rotatable bonds is 4. The van der Waals surface area contributed by atoms with Crippen molar-refractivity contribution in [1.29, 1.82) is 0 Å². The second-order valence-electron chi connectivity index (χ2n) is 3.45. The quantitative estimate of drug-likeness (QED) is 0.730. The van der Waals surface area contributed by atoms with Crippen LogP contribution in [0.15, 0.2) is 24.7 Å². The van der Waals surface area contributed by atoms with E-state index in [1.54, 1.807) is 30.1 Å². The fourth-order valence-electron chi connectivity index (χ4n) is 1.39. The third-order valence-corrected chi connectivity index (χ3v) is 2.27. The van der Waals surface area contributed by atoms with Crippen LogP contribution in [0.4, 0.5) is 0 Å². The number of aryl methyl sites for hydroxylation is 1. The average molecular weight is 248 g/mol. The Morgan fingerprint density at radius 3 is 3.00 bits per heavy atom. The number of nitrogens with zero attached hydrogens (tertiary/aromatic N) is 4. The summed E-state index contributed by atoms with van der Waals surface area (Å²) < 4.78 is 11.3. The van der Waals surface area contributed by atoms with Crippen molar-refractivity contribution >= 4 is 5.97 Å². The lowest BCUT2D eigenvalue weighted by Gasteiger charge is -1.99. The van der Waals surface area contributed by atoms with E-state index in [0.29, 0.717) is 5.88 Å². The molecule has 0 radical (unpaired) electrons.